The maximum absolute atomic E-state index is 11.6. The molecular weight excluding hydrogens is 286 g/mol. The summed E-state index contributed by atoms with van der Waals surface area (Å²) in [4.78, 5) is 2.47. The molecule has 5 nitrogen and oxygen atoms in total. The van der Waals surface area contributed by atoms with E-state index in [0.717, 1.165) is 32.5 Å². The average molecular weight is 320 g/mol. The molecule has 0 aromatic heterocycles. The van der Waals surface area contributed by atoms with Crippen LogP contribution < -0.4 is 5.32 Å². The van der Waals surface area contributed by atoms with Crippen molar-refractivity contribution < 1.29 is 8.42 Å². The summed E-state index contributed by atoms with van der Waals surface area (Å²) < 4.78 is 24.8. The van der Waals surface area contributed by atoms with Gasteiger partial charge in [0.15, 0.2) is 0 Å². The Hall–Kier alpha value is -0.170. The van der Waals surface area contributed by atoms with Gasteiger partial charge >= 0.3 is 0 Å². The Kier molecular flexibility index (Phi) is 7.60. The number of rotatable bonds is 8. The first-order valence-electron chi connectivity index (χ1n) is 8.13. The highest BCUT2D eigenvalue weighted by Gasteiger charge is 2.25. The molecule has 6 heteroatoms. The molecule has 1 rings (SSSR count). The van der Waals surface area contributed by atoms with Gasteiger partial charge in [-0.05, 0) is 53.0 Å². The molecule has 0 spiro atoms. The molecule has 0 amide bonds. The predicted octanol–water partition coefficient (Wildman–Crippen LogP) is 1.37. The van der Waals surface area contributed by atoms with E-state index in [4.69, 9.17) is 0 Å². The standard InChI is InChI=1S/C15H33N3O2S/c1-13(2)18(14(3)4)10-8-16-11-15-7-6-9-17(12-15)21(5,19)20/h13-16H,6-12H2,1-5H3. The van der Waals surface area contributed by atoms with Gasteiger partial charge < -0.3 is 5.32 Å². The lowest BCUT2D eigenvalue weighted by Gasteiger charge is -2.32. The Balaban J connectivity index is 2.29. The van der Waals surface area contributed by atoms with Crippen molar-refractivity contribution in [3.05, 3.63) is 0 Å². The van der Waals surface area contributed by atoms with Crippen LogP contribution in [0.5, 0.6) is 0 Å². The van der Waals surface area contributed by atoms with Gasteiger partial charge in [0.2, 0.25) is 10.0 Å². The van der Waals surface area contributed by atoms with Crippen molar-refractivity contribution in [3.8, 4) is 0 Å². The second-order valence-corrected chi connectivity index (χ2v) is 8.74. The van der Waals surface area contributed by atoms with Gasteiger partial charge in [-0.25, -0.2) is 12.7 Å². The topological polar surface area (TPSA) is 52.6 Å². The van der Waals surface area contributed by atoms with E-state index in [1.165, 1.54) is 6.26 Å². The molecule has 1 aliphatic heterocycles. The third-order valence-corrected chi connectivity index (χ3v) is 5.53. The molecule has 21 heavy (non-hydrogen) atoms. The number of piperidine rings is 1. The van der Waals surface area contributed by atoms with Gasteiger partial charge in [0.05, 0.1) is 6.26 Å². The van der Waals surface area contributed by atoms with Gasteiger partial charge in [-0.3, -0.25) is 4.90 Å². The van der Waals surface area contributed by atoms with E-state index in [1.54, 1.807) is 4.31 Å². The lowest BCUT2D eigenvalue weighted by Crippen LogP contribution is -2.45. The summed E-state index contributed by atoms with van der Waals surface area (Å²) in [6.07, 6.45) is 3.41. The molecule has 0 saturated carbocycles. The molecule has 0 aromatic rings. The van der Waals surface area contributed by atoms with Crippen molar-refractivity contribution in [2.24, 2.45) is 5.92 Å². The van der Waals surface area contributed by atoms with Gasteiger partial charge in [0, 0.05) is 38.3 Å². The molecule has 0 radical (unpaired) electrons. The van der Waals surface area contributed by atoms with Crippen molar-refractivity contribution in [1.29, 1.82) is 0 Å². The second-order valence-electron chi connectivity index (χ2n) is 6.76. The van der Waals surface area contributed by atoms with Gasteiger partial charge in [0.25, 0.3) is 0 Å². The van der Waals surface area contributed by atoms with Crippen LogP contribution in [-0.4, -0.2) is 68.7 Å². The smallest absolute Gasteiger partial charge is 0.211 e. The van der Waals surface area contributed by atoms with E-state index >= 15 is 0 Å². The summed E-state index contributed by atoms with van der Waals surface area (Å²) in [5.41, 5.74) is 0. The number of hydrogen-bond acceptors (Lipinski definition) is 4. The quantitative estimate of drug-likeness (QED) is 0.687. The first-order valence-corrected chi connectivity index (χ1v) is 9.98. The molecular formula is C15H33N3O2S. The fraction of sp³-hybridized carbons (Fsp3) is 1.00. The third-order valence-electron chi connectivity index (χ3n) is 4.26. The van der Waals surface area contributed by atoms with Crippen LogP contribution >= 0.6 is 0 Å². The van der Waals surface area contributed by atoms with E-state index in [9.17, 15) is 8.42 Å². The van der Waals surface area contributed by atoms with Crippen LogP contribution in [0.2, 0.25) is 0 Å². The molecule has 0 aliphatic carbocycles. The summed E-state index contributed by atoms with van der Waals surface area (Å²) in [7, 11) is -3.03. The molecule has 1 aliphatic rings. The van der Waals surface area contributed by atoms with Gasteiger partial charge in [-0.15, -0.1) is 0 Å². The molecule has 1 saturated heterocycles. The van der Waals surface area contributed by atoms with E-state index in [-0.39, 0.29) is 0 Å². The van der Waals surface area contributed by atoms with Crippen LogP contribution in [0.15, 0.2) is 0 Å². The molecule has 1 fully saturated rings. The van der Waals surface area contributed by atoms with Crippen molar-refractivity contribution >= 4 is 10.0 Å². The Labute approximate surface area is 131 Å². The van der Waals surface area contributed by atoms with Crippen molar-refractivity contribution in [2.45, 2.75) is 52.6 Å². The van der Waals surface area contributed by atoms with Gasteiger partial charge in [-0.1, -0.05) is 0 Å². The molecule has 0 aromatic carbocycles. The Bertz CT molecular complexity index is 388. The highest BCUT2D eigenvalue weighted by Crippen LogP contribution is 2.17. The molecule has 1 unspecified atom stereocenters. The third kappa shape index (κ3) is 6.63. The summed E-state index contributed by atoms with van der Waals surface area (Å²) in [5.74, 6) is 0.444. The SMILES string of the molecule is CC(C)N(CCNCC1CCCN(S(C)(=O)=O)C1)C(C)C. The summed E-state index contributed by atoms with van der Waals surface area (Å²) >= 11 is 0. The zero-order valence-electron chi connectivity index (χ0n) is 14.3. The predicted molar refractivity (Wildman–Crippen MR) is 89.0 cm³/mol. The van der Waals surface area contributed by atoms with Crippen LogP contribution in [-0.2, 0) is 10.0 Å². The maximum Gasteiger partial charge on any atom is 0.211 e. The summed E-state index contributed by atoms with van der Waals surface area (Å²) in [6, 6.07) is 1.12. The lowest BCUT2D eigenvalue weighted by atomic mass is 10.00. The zero-order chi connectivity index (χ0) is 16.0. The first-order chi connectivity index (χ1) is 9.71. The summed E-state index contributed by atoms with van der Waals surface area (Å²) in [6.45, 7) is 13.2. The normalized spacial score (nSPS) is 21.6. The highest BCUT2D eigenvalue weighted by molar-refractivity contribution is 7.88. The Morgan fingerprint density at radius 1 is 1.24 bits per heavy atom. The number of hydrogen-bond donors (Lipinski definition) is 1. The van der Waals surface area contributed by atoms with Crippen LogP contribution in [0.25, 0.3) is 0 Å². The number of nitrogens with one attached hydrogen (secondary N) is 1. The van der Waals surface area contributed by atoms with Crippen molar-refractivity contribution in [3.63, 3.8) is 0 Å². The van der Waals surface area contributed by atoms with E-state index in [0.29, 0.717) is 31.1 Å². The molecule has 0 bridgehead atoms. The zero-order valence-corrected chi connectivity index (χ0v) is 15.1. The molecule has 1 N–H and O–H groups in total. The lowest BCUT2D eigenvalue weighted by molar-refractivity contribution is 0.173. The minimum Gasteiger partial charge on any atom is -0.315 e. The van der Waals surface area contributed by atoms with E-state index in [2.05, 4.69) is 37.9 Å². The van der Waals surface area contributed by atoms with Crippen LogP contribution in [0.1, 0.15) is 40.5 Å². The summed E-state index contributed by atoms with van der Waals surface area (Å²) in [5, 5.41) is 3.50. The molecule has 1 heterocycles. The first kappa shape index (κ1) is 18.9. The fourth-order valence-electron chi connectivity index (χ4n) is 3.12. The molecule has 126 valence electrons. The van der Waals surface area contributed by atoms with E-state index < -0.39 is 10.0 Å². The monoisotopic (exact) mass is 319 g/mol. The Morgan fingerprint density at radius 3 is 2.38 bits per heavy atom. The van der Waals surface area contributed by atoms with Crippen molar-refractivity contribution in [1.82, 2.24) is 14.5 Å². The largest absolute Gasteiger partial charge is 0.315 e. The van der Waals surface area contributed by atoms with Crippen LogP contribution in [0.4, 0.5) is 0 Å². The highest BCUT2D eigenvalue weighted by atomic mass is 32.2. The van der Waals surface area contributed by atoms with Gasteiger partial charge in [0.1, 0.15) is 0 Å². The van der Waals surface area contributed by atoms with Gasteiger partial charge in [-0.2, -0.15) is 0 Å². The second kappa shape index (κ2) is 8.46. The fourth-order valence-corrected chi connectivity index (χ4v) is 4.06. The van der Waals surface area contributed by atoms with Crippen molar-refractivity contribution in [2.75, 3.05) is 39.0 Å². The average Bonchev–Trinajstić information content (AvgIpc) is 2.37. The number of sulfonamides is 1. The number of nitrogens with zero attached hydrogens (tertiary/aromatic N) is 2. The Morgan fingerprint density at radius 2 is 1.86 bits per heavy atom. The van der Waals surface area contributed by atoms with Crippen LogP contribution in [0.3, 0.4) is 0 Å². The maximum atomic E-state index is 11.6. The minimum absolute atomic E-state index is 0.444. The van der Waals surface area contributed by atoms with E-state index in [1.807, 2.05) is 0 Å². The minimum atomic E-state index is -3.03. The van der Waals surface area contributed by atoms with Crippen LogP contribution in [0, 0.1) is 5.92 Å². The molecule has 1 atom stereocenters.